The van der Waals surface area contributed by atoms with Gasteiger partial charge in [-0.2, -0.15) is 0 Å². The molecule has 5 heteroatoms. The third kappa shape index (κ3) is 3.81. The molecule has 1 amide bonds. The Morgan fingerprint density at radius 3 is 2.50 bits per heavy atom. The minimum absolute atomic E-state index is 0.0674. The number of rotatable bonds is 7. The molecule has 1 aliphatic rings. The van der Waals surface area contributed by atoms with Gasteiger partial charge in [-0.3, -0.25) is 9.59 Å². The van der Waals surface area contributed by atoms with Crippen LogP contribution in [0.5, 0.6) is 0 Å². The SMILES string of the molecule is CCC(CN)CC(=O)N(CC(=O)O)C1CC1. The van der Waals surface area contributed by atoms with E-state index in [1.807, 2.05) is 6.92 Å². The van der Waals surface area contributed by atoms with Gasteiger partial charge in [0.2, 0.25) is 5.91 Å². The van der Waals surface area contributed by atoms with Crippen LogP contribution in [0.3, 0.4) is 0 Å². The summed E-state index contributed by atoms with van der Waals surface area (Å²) in [5.41, 5.74) is 5.54. The molecule has 1 rings (SSSR count). The highest BCUT2D eigenvalue weighted by Crippen LogP contribution is 2.27. The Kier molecular flexibility index (Phi) is 4.73. The zero-order chi connectivity index (χ0) is 12.1. The number of hydrogen-bond acceptors (Lipinski definition) is 3. The third-order valence-corrected chi connectivity index (χ3v) is 2.99. The number of carbonyl (C=O) groups excluding carboxylic acids is 1. The molecule has 0 saturated heterocycles. The van der Waals surface area contributed by atoms with Gasteiger partial charge in [0, 0.05) is 12.5 Å². The van der Waals surface area contributed by atoms with E-state index >= 15 is 0 Å². The van der Waals surface area contributed by atoms with E-state index in [-0.39, 0.29) is 24.4 Å². The number of nitrogens with two attached hydrogens (primary N) is 1. The van der Waals surface area contributed by atoms with Crippen LogP contribution in [0.4, 0.5) is 0 Å². The molecule has 1 fully saturated rings. The van der Waals surface area contributed by atoms with Gasteiger partial charge in [-0.1, -0.05) is 13.3 Å². The topological polar surface area (TPSA) is 83.6 Å². The quantitative estimate of drug-likeness (QED) is 0.662. The van der Waals surface area contributed by atoms with Gasteiger partial charge in [0.25, 0.3) is 0 Å². The van der Waals surface area contributed by atoms with Crippen LogP contribution in [0, 0.1) is 5.92 Å². The first-order chi connectivity index (χ1) is 7.58. The average molecular weight is 228 g/mol. The molecule has 0 aliphatic heterocycles. The summed E-state index contributed by atoms with van der Waals surface area (Å²) in [4.78, 5) is 24.0. The number of carboxylic acids is 1. The van der Waals surface area contributed by atoms with Crippen LogP contribution in [-0.4, -0.2) is 41.0 Å². The lowest BCUT2D eigenvalue weighted by Crippen LogP contribution is -2.38. The second kappa shape index (κ2) is 5.84. The van der Waals surface area contributed by atoms with Crippen LogP contribution in [0.25, 0.3) is 0 Å². The van der Waals surface area contributed by atoms with Crippen LogP contribution in [0.15, 0.2) is 0 Å². The molecule has 0 radical (unpaired) electrons. The van der Waals surface area contributed by atoms with Crippen LogP contribution in [0.1, 0.15) is 32.6 Å². The zero-order valence-electron chi connectivity index (χ0n) is 9.69. The third-order valence-electron chi connectivity index (χ3n) is 2.99. The van der Waals surface area contributed by atoms with E-state index in [4.69, 9.17) is 10.8 Å². The number of carboxylic acid groups (broad SMARTS) is 1. The first kappa shape index (κ1) is 13.0. The van der Waals surface area contributed by atoms with Crippen molar-refractivity contribution in [1.29, 1.82) is 0 Å². The van der Waals surface area contributed by atoms with Crippen LogP contribution < -0.4 is 5.73 Å². The first-order valence-electron chi connectivity index (χ1n) is 5.79. The number of hydrogen-bond donors (Lipinski definition) is 2. The summed E-state index contributed by atoms with van der Waals surface area (Å²) in [6, 6.07) is 0.152. The van der Waals surface area contributed by atoms with Crippen molar-refractivity contribution in [3.05, 3.63) is 0 Å². The Hall–Kier alpha value is -1.10. The Balaban J connectivity index is 2.49. The summed E-state index contributed by atoms with van der Waals surface area (Å²) in [6.07, 6.45) is 3.08. The number of aliphatic carboxylic acids is 1. The van der Waals surface area contributed by atoms with Crippen molar-refractivity contribution in [3.8, 4) is 0 Å². The molecule has 3 N–H and O–H groups in total. The van der Waals surface area contributed by atoms with Crippen LogP contribution >= 0.6 is 0 Å². The lowest BCUT2D eigenvalue weighted by Gasteiger charge is -2.22. The van der Waals surface area contributed by atoms with Crippen molar-refractivity contribution in [1.82, 2.24) is 4.90 Å². The van der Waals surface area contributed by atoms with Crippen molar-refractivity contribution in [3.63, 3.8) is 0 Å². The molecule has 0 aromatic carbocycles. The molecule has 1 saturated carbocycles. The van der Waals surface area contributed by atoms with E-state index in [2.05, 4.69) is 0 Å². The van der Waals surface area contributed by atoms with E-state index in [1.54, 1.807) is 0 Å². The largest absolute Gasteiger partial charge is 0.480 e. The highest BCUT2D eigenvalue weighted by atomic mass is 16.4. The lowest BCUT2D eigenvalue weighted by atomic mass is 10.0. The summed E-state index contributed by atoms with van der Waals surface area (Å²) in [6.45, 7) is 2.29. The molecule has 1 unspecified atom stereocenters. The predicted molar refractivity (Wildman–Crippen MR) is 59.8 cm³/mol. The van der Waals surface area contributed by atoms with Gasteiger partial charge in [-0.15, -0.1) is 0 Å². The van der Waals surface area contributed by atoms with Gasteiger partial charge in [0.05, 0.1) is 0 Å². The minimum Gasteiger partial charge on any atom is -0.480 e. The van der Waals surface area contributed by atoms with E-state index in [0.29, 0.717) is 13.0 Å². The van der Waals surface area contributed by atoms with Gasteiger partial charge in [-0.05, 0) is 25.3 Å². The van der Waals surface area contributed by atoms with Crippen molar-refractivity contribution in [2.75, 3.05) is 13.1 Å². The molecule has 0 aromatic heterocycles. The molecule has 0 spiro atoms. The minimum atomic E-state index is -0.943. The van der Waals surface area contributed by atoms with Crippen molar-refractivity contribution in [2.45, 2.75) is 38.6 Å². The maximum atomic E-state index is 11.9. The fraction of sp³-hybridized carbons (Fsp3) is 0.818. The molecule has 1 aliphatic carbocycles. The van der Waals surface area contributed by atoms with Crippen molar-refractivity contribution in [2.24, 2.45) is 11.7 Å². The molecule has 16 heavy (non-hydrogen) atoms. The summed E-state index contributed by atoms with van der Waals surface area (Å²) in [7, 11) is 0. The monoisotopic (exact) mass is 228 g/mol. The van der Waals surface area contributed by atoms with E-state index < -0.39 is 5.97 Å². The summed E-state index contributed by atoms with van der Waals surface area (Å²) < 4.78 is 0. The molecule has 0 aromatic rings. The Morgan fingerprint density at radius 1 is 1.50 bits per heavy atom. The smallest absolute Gasteiger partial charge is 0.323 e. The van der Waals surface area contributed by atoms with E-state index in [1.165, 1.54) is 4.90 Å². The van der Waals surface area contributed by atoms with Crippen LogP contribution in [-0.2, 0) is 9.59 Å². The Morgan fingerprint density at radius 2 is 2.12 bits per heavy atom. The normalized spacial score (nSPS) is 16.9. The van der Waals surface area contributed by atoms with Gasteiger partial charge >= 0.3 is 5.97 Å². The maximum Gasteiger partial charge on any atom is 0.323 e. The molecule has 0 bridgehead atoms. The molecule has 0 heterocycles. The Labute approximate surface area is 95.6 Å². The molecule has 92 valence electrons. The number of nitrogens with zero attached hydrogens (tertiary/aromatic N) is 1. The van der Waals surface area contributed by atoms with E-state index in [0.717, 1.165) is 19.3 Å². The van der Waals surface area contributed by atoms with Crippen LogP contribution in [0.2, 0.25) is 0 Å². The number of carbonyl (C=O) groups is 2. The summed E-state index contributed by atoms with van der Waals surface area (Å²) in [5, 5.41) is 8.74. The molecular weight excluding hydrogens is 208 g/mol. The van der Waals surface area contributed by atoms with Crippen molar-refractivity contribution >= 4 is 11.9 Å². The second-order valence-corrected chi connectivity index (χ2v) is 4.36. The standard InChI is InChI=1S/C11H20N2O3/c1-2-8(6-12)5-10(14)13(7-11(15)16)9-3-4-9/h8-9H,2-7,12H2,1H3,(H,15,16). The predicted octanol–water partition coefficient (Wildman–Crippen LogP) is 0.437. The van der Waals surface area contributed by atoms with Gasteiger partial charge < -0.3 is 15.7 Å². The fourth-order valence-electron chi connectivity index (χ4n) is 1.71. The highest BCUT2D eigenvalue weighted by Gasteiger charge is 2.34. The first-order valence-corrected chi connectivity index (χ1v) is 5.79. The second-order valence-electron chi connectivity index (χ2n) is 4.36. The Bertz CT molecular complexity index is 260. The van der Waals surface area contributed by atoms with Gasteiger partial charge in [0.1, 0.15) is 6.54 Å². The number of amides is 1. The lowest BCUT2D eigenvalue weighted by molar-refractivity contribution is -0.145. The molecule has 5 nitrogen and oxygen atoms in total. The highest BCUT2D eigenvalue weighted by molar-refractivity contribution is 5.82. The van der Waals surface area contributed by atoms with E-state index in [9.17, 15) is 9.59 Å². The average Bonchev–Trinajstić information content (AvgIpc) is 3.05. The van der Waals surface area contributed by atoms with Crippen molar-refractivity contribution < 1.29 is 14.7 Å². The maximum absolute atomic E-state index is 11.9. The zero-order valence-corrected chi connectivity index (χ0v) is 9.69. The summed E-state index contributed by atoms with van der Waals surface area (Å²) in [5.74, 6) is -0.842. The van der Waals surface area contributed by atoms with Gasteiger partial charge in [0.15, 0.2) is 0 Å². The summed E-state index contributed by atoms with van der Waals surface area (Å²) >= 11 is 0. The molecular formula is C11H20N2O3. The fourth-order valence-corrected chi connectivity index (χ4v) is 1.71. The molecule has 1 atom stereocenters. The van der Waals surface area contributed by atoms with Gasteiger partial charge in [-0.25, -0.2) is 0 Å².